The highest BCUT2D eigenvalue weighted by atomic mass is 35.5. The number of anilines is 1. The second-order valence-electron chi connectivity index (χ2n) is 9.40. The summed E-state index contributed by atoms with van der Waals surface area (Å²) in [5.74, 6) is -0.212. The lowest BCUT2D eigenvalue weighted by Gasteiger charge is -2.33. The fraction of sp³-hybridized carbons (Fsp3) is 0.333. The van der Waals surface area contributed by atoms with Crippen molar-refractivity contribution in [1.29, 1.82) is 0 Å². The summed E-state index contributed by atoms with van der Waals surface area (Å²) in [7, 11) is -3.83. The van der Waals surface area contributed by atoms with Crippen molar-refractivity contribution in [3.63, 3.8) is 0 Å². The average Bonchev–Trinajstić information content (AvgIpc) is 2.94. The smallest absolute Gasteiger partial charge is 0.244 e. The molecule has 1 N–H and O–H groups in total. The Balaban J connectivity index is 1.83. The van der Waals surface area contributed by atoms with Crippen molar-refractivity contribution < 1.29 is 22.7 Å². The van der Waals surface area contributed by atoms with Crippen LogP contribution in [0.4, 0.5) is 5.69 Å². The normalized spacial score (nSPS) is 11.9. The molecule has 3 rings (SSSR count). The van der Waals surface area contributed by atoms with Gasteiger partial charge < -0.3 is 15.0 Å². The highest BCUT2D eigenvalue weighted by Crippen LogP contribution is 2.24. The monoisotopic (exact) mass is 585 g/mol. The maximum atomic E-state index is 13.7. The Hall–Kier alpha value is -3.56. The van der Waals surface area contributed by atoms with Crippen LogP contribution in [0.3, 0.4) is 0 Å². The van der Waals surface area contributed by atoms with Crippen molar-refractivity contribution in [3.8, 4) is 5.75 Å². The van der Waals surface area contributed by atoms with Gasteiger partial charge in [0.1, 0.15) is 24.9 Å². The molecule has 0 aliphatic rings. The van der Waals surface area contributed by atoms with Crippen LogP contribution in [0, 0.1) is 0 Å². The molecular formula is C30H36ClN3O5S. The Bertz CT molecular complexity index is 1350. The van der Waals surface area contributed by atoms with Crippen LogP contribution in [-0.2, 0) is 32.8 Å². The fourth-order valence-electron chi connectivity index (χ4n) is 4.14. The molecule has 0 aliphatic carbocycles. The number of ether oxygens (including phenoxy) is 1. The number of amides is 2. The molecule has 0 saturated carbocycles. The van der Waals surface area contributed by atoms with Crippen molar-refractivity contribution >= 4 is 39.1 Å². The molecule has 0 spiro atoms. The molecule has 0 unspecified atom stereocenters. The van der Waals surface area contributed by atoms with Gasteiger partial charge in [-0.15, -0.1) is 0 Å². The third-order valence-electron chi connectivity index (χ3n) is 6.25. The van der Waals surface area contributed by atoms with Gasteiger partial charge >= 0.3 is 0 Å². The van der Waals surface area contributed by atoms with Crippen molar-refractivity contribution in [2.45, 2.75) is 45.9 Å². The van der Waals surface area contributed by atoms with Crippen LogP contribution in [0.25, 0.3) is 0 Å². The summed E-state index contributed by atoms with van der Waals surface area (Å²) in [6.45, 7) is 4.27. The number of sulfonamides is 1. The predicted molar refractivity (Wildman–Crippen MR) is 159 cm³/mol. The number of hydrogen-bond acceptors (Lipinski definition) is 5. The van der Waals surface area contributed by atoms with E-state index in [1.165, 1.54) is 4.90 Å². The maximum absolute atomic E-state index is 13.7. The van der Waals surface area contributed by atoms with E-state index in [0.29, 0.717) is 36.0 Å². The number of benzene rings is 3. The molecular weight excluding hydrogens is 550 g/mol. The topological polar surface area (TPSA) is 96.0 Å². The summed E-state index contributed by atoms with van der Waals surface area (Å²) >= 11 is 6.03. The number of carbonyl (C=O) groups excluding carboxylic acids is 2. The van der Waals surface area contributed by atoms with Crippen molar-refractivity contribution in [2.24, 2.45) is 0 Å². The van der Waals surface area contributed by atoms with Crippen LogP contribution < -0.4 is 14.4 Å². The minimum atomic E-state index is -3.83. The van der Waals surface area contributed by atoms with Gasteiger partial charge in [0, 0.05) is 18.1 Å². The second-order valence-corrected chi connectivity index (χ2v) is 11.7. The van der Waals surface area contributed by atoms with E-state index in [9.17, 15) is 18.0 Å². The van der Waals surface area contributed by atoms with Gasteiger partial charge in [-0.2, -0.15) is 0 Å². The Morgan fingerprint density at radius 1 is 0.925 bits per heavy atom. The van der Waals surface area contributed by atoms with Gasteiger partial charge in [-0.1, -0.05) is 67.9 Å². The number of hydrogen-bond donors (Lipinski definition) is 1. The third kappa shape index (κ3) is 8.99. The lowest BCUT2D eigenvalue weighted by Crippen LogP contribution is -2.52. The molecule has 214 valence electrons. The van der Waals surface area contributed by atoms with Gasteiger partial charge in [0.25, 0.3) is 0 Å². The summed E-state index contributed by atoms with van der Waals surface area (Å²) < 4.78 is 32.5. The molecule has 2 amide bonds. The molecule has 0 radical (unpaired) electrons. The molecule has 3 aromatic rings. The molecule has 0 aromatic heterocycles. The summed E-state index contributed by atoms with van der Waals surface area (Å²) in [5, 5.41) is 3.41. The van der Waals surface area contributed by atoms with Gasteiger partial charge in [0.05, 0.1) is 11.9 Å². The number of nitrogens with one attached hydrogen (secondary N) is 1. The first-order valence-corrected chi connectivity index (χ1v) is 15.4. The minimum Gasteiger partial charge on any atom is -0.489 e. The van der Waals surface area contributed by atoms with Gasteiger partial charge in [0.15, 0.2) is 0 Å². The molecule has 1 atom stereocenters. The highest BCUT2D eigenvalue weighted by Gasteiger charge is 2.31. The van der Waals surface area contributed by atoms with Gasteiger partial charge in [-0.3, -0.25) is 13.9 Å². The Morgan fingerprint density at radius 3 is 2.15 bits per heavy atom. The molecule has 3 aromatic carbocycles. The van der Waals surface area contributed by atoms with E-state index < -0.39 is 28.5 Å². The molecule has 8 nitrogen and oxygen atoms in total. The highest BCUT2D eigenvalue weighted by molar-refractivity contribution is 7.92. The first kappa shape index (κ1) is 31.0. The van der Waals surface area contributed by atoms with Crippen molar-refractivity contribution in [2.75, 3.05) is 23.7 Å². The first-order valence-electron chi connectivity index (χ1n) is 13.2. The molecule has 10 heteroatoms. The molecule has 40 heavy (non-hydrogen) atoms. The average molecular weight is 586 g/mol. The zero-order valence-corrected chi connectivity index (χ0v) is 24.6. The van der Waals surface area contributed by atoms with Crippen LogP contribution >= 0.6 is 11.6 Å². The van der Waals surface area contributed by atoms with E-state index in [0.717, 1.165) is 28.1 Å². The van der Waals surface area contributed by atoms with E-state index in [1.807, 2.05) is 44.2 Å². The summed E-state index contributed by atoms with van der Waals surface area (Å²) in [5.41, 5.74) is 2.09. The van der Waals surface area contributed by atoms with Crippen molar-refractivity contribution in [1.82, 2.24) is 10.2 Å². The quantitative estimate of drug-likeness (QED) is 0.287. The zero-order valence-electron chi connectivity index (χ0n) is 23.0. The van der Waals surface area contributed by atoms with Crippen LogP contribution in [-0.4, -0.2) is 50.5 Å². The number of nitrogens with zero attached hydrogens (tertiary/aromatic N) is 2. The van der Waals surface area contributed by atoms with E-state index in [4.69, 9.17) is 16.3 Å². The van der Waals surface area contributed by atoms with Gasteiger partial charge in [0.2, 0.25) is 21.8 Å². The molecule has 0 aliphatic heterocycles. The lowest BCUT2D eigenvalue weighted by molar-refractivity contribution is -0.140. The minimum absolute atomic E-state index is 0.123. The SMILES string of the molecule is CCCNC(=O)[C@H](CC)N(Cc1ccc(Cl)cc1)C(=O)CN(c1ccc(OCc2ccccc2)cc1)S(C)(=O)=O. The second kappa shape index (κ2) is 14.7. The van der Waals surface area contributed by atoms with Gasteiger partial charge in [-0.25, -0.2) is 8.42 Å². The van der Waals surface area contributed by atoms with Crippen molar-refractivity contribution in [3.05, 3.63) is 95.0 Å². The molecule has 0 fully saturated rings. The first-order chi connectivity index (χ1) is 19.1. The zero-order chi connectivity index (χ0) is 29.1. The number of rotatable bonds is 14. The lowest BCUT2D eigenvalue weighted by atomic mass is 10.1. The predicted octanol–water partition coefficient (Wildman–Crippen LogP) is 5.02. The van der Waals surface area contributed by atoms with Crippen LogP contribution in [0.5, 0.6) is 5.75 Å². The van der Waals surface area contributed by atoms with Crippen LogP contribution in [0.2, 0.25) is 5.02 Å². The third-order valence-corrected chi connectivity index (χ3v) is 7.65. The maximum Gasteiger partial charge on any atom is 0.244 e. The van der Waals surface area contributed by atoms with E-state index >= 15 is 0 Å². The standard InChI is InChI=1S/C30H36ClN3O5S/c1-4-19-32-30(36)28(5-2)33(20-23-11-13-25(31)14-12-23)29(35)21-34(40(3,37)38)26-15-17-27(18-16-26)39-22-24-9-7-6-8-10-24/h6-18,28H,4-5,19-22H2,1-3H3,(H,32,36)/t28-/m0/s1. The molecule has 0 heterocycles. The van der Waals surface area contributed by atoms with Crippen LogP contribution in [0.1, 0.15) is 37.8 Å². The Kier molecular flexibility index (Phi) is 11.4. The Labute approximate surface area is 241 Å². The van der Waals surface area contributed by atoms with Gasteiger partial charge in [-0.05, 0) is 60.4 Å². The Morgan fingerprint density at radius 2 is 1.57 bits per heavy atom. The van der Waals surface area contributed by atoms with E-state index in [2.05, 4.69) is 5.32 Å². The fourth-order valence-corrected chi connectivity index (χ4v) is 5.11. The summed E-state index contributed by atoms with van der Waals surface area (Å²) in [4.78, 5) is 28.2. The van der Waals surface area contributed by atoms with E-state index in [-0.39, 0.29) is 12.5 Å². The number of carbonyl (C=O) groups is 2. The van der Waals surface area contributed by atoms with E-state index in [1.54, 1.807) is 48.5 Å². The summed E-state index contributed by atoms with van der Waals surface area (Å²) in [6, 6.07) is 22.4. The van der Waals surface area contributed by atoms with Crippen LogP contribution in [0.15, 0.2) is 78.9 Å². The number of halogens is 1. The molecule has 0 bridgehead atoms. The largest absolute Gasteiger partial charge is 0.489 e. The summed E-state index contributed by atoms with van der Waals surface area (Å²) in [6.07, 6.45) is 2.16. The molecule has 0 saturated heterocycles.